The molecule has 0 amide bonds. The van der Waals surface area contributed by atoms with Gasteiger partial charge < -0.3 is 35.4 Å². The Hall–Kier alpha value is -0.370. The average Bonchev–Trinajstić information content (AvgIpc) is 2.42. The van der Waals surface area contributed by atoms with E-state index >= 15 is 0 Å². The summed E-state index contributed by atoms with van der Waals surface area (Å²) in [5, 5.41) is 55.3. The van der Waals surface area contributed by atoms with Crippen LogP contribution in [0.25, 0.3) is 0 Å². The van der Waals surface area contributed by atoms with Crippen LogP contribution < -0.4 is 0 Å². The molecule has 0 bridgehead atoms. The Morgan fingerprint density at radius 3 is 1.95 bits per heavy atom. The van der Waals surface area contributed by atoms with Crippen molar-refractivity contribution in [3.05, 3.63) is 0 Å². The Morgan fingerprint density at radius 2 is 1.48 bits per heavy atom. The van der Waals surface area contributed by atoms with E-state index in [1.165, 1.54) is 0 Å². The topological polar surface area (TPSA) is 185 Å². The lowest BCUT2D eigenvalue weighted by Gasteiger charge is -2.28. The molecule has 0 radical (unpaired) electrons. The summed E-state index contributed by atoms with van der Waals surface area (Å²) in [5.41, 5.74) is 0. The van der Waals surface area contributed by atoms with Gasteiger partial charge in [0.05, 0.1) is 12.4 Å². The molecule has 1 unspecified atom stereocenters. The number of rotatable bonds is 11. The van der Waals surface area contributed by atoms with Gasteiger partial charge in [0.15, 0.2) is 6.29 Å². The summed E-state index contributed by atoms with van der Waals surface area (Å²) in [6.07, 6.45) is -9.15. The zero-order valence-electron chi connectivity index (χ0n) is 11.2. The third-order valence-corrected chi connectivity index (χ3v) is 3.46. The molecule has 0 aliphatic rings. The summed E-state index contributed by atoms with van der Waals surface area (Å²) < 4.78 is 34.0. The Balaban J connectivity index is 4.07. The van der Waals surface area contributed by atoms with Crippen molar-refractivity contribution in [1.29, 1.82) is 0 Å². The molecular formula is C10H22O10S. The Labute approximate surface area is 122 Å². The van der Waals surface area contributed by atoms with Crippen molar-refractivity contribution in [1.82, 2.24) is 0 Å². The largest absolute Gasteiger partial charge is 0.394 e. The lowest BCUT2D eigenvalue weighted by Crippen LogP contribution is -2.50. The van der Waals surface area contributed by atoms with E-state index < -0.39 is 53.2 Å². The first-order chi connectivity index (χ1) is 9.60. The zero-order chi connectivity index (χ0) is 16.6. The number of unbranched alkanes of at least 4 members (excludes halogenated alkanes) is 1. The molecule has 0 saturated heterocycles. The molecule has 0 aromatic heterocycles. The maximum absolute atomic E-state index is 10.4. The van der Waals surface area contributed by atoms with Crippen molar-refractivity contribution in [2.75, 3.05) is 19.0 Å². The standard InChI is InChI=1S/C10H22O10S/c11-5-6(12)7(13)8(14)9(15)10(16)20-3-1-2-4-21(17,18)19/h6-16H,1-5H2,(H,17,18,19)/t6-,7-,8+,9-,10?/m1/s1. The van der Waals surface area contributed by atoms with Crippen LogP contribution in [0.1, 0.15) is 12.8 Å². The van der Waals surface area contributed by atoms with Crippen LogP contribution in [0.3, 0.4) is 0 Å². The van der Waals surface area contributed by atoms with Crippen LogP contribution in [0.15, 0.2) is 0 Å². The number of aliphatic hydroxyl groups is 6. The van der Waals surface area contributed by atoms with Gasteiger partial charge in [0, 0.05) is 6.61 Å². The second-order valence-electron chi connectivity index (χ2n) is 4.48. The Kier molecular flexibility index (Phi) is 9.44. The molecule has 0 heterocycles. The summed E-state index contributed by atoms with van der Waals surface area (Å²) in [7, 11) is -4.07. The minimum absolute atomic E-state index is 0.0655. The van der Waals surface area contributed by atoms with Crippen molar-refractivity contribution in [3.8, 4) is 0 Å². The first-order valence-electron chi connectivity index (χ1n) is 6.18. The van der Waals surface area contributed by atoms with Gasteiger partial charge >= 0.3 is 0 Å². The van der Waals surface area contributed by atoms with Gasteiger partial charge in [-0.2, -0.15) is 8.42 Å². The fourth-order valence-electron chi connectivity index (χ4n) is 1.40. The van der Waals surface area contributed by atoms with Crippen LogP contribution in [0.4, 0.5) is 0 Å². The quantitative estimate of drug-likeness (QED) is 0.113. The van der Waals surface area contributed by atoms with E-state index in [-0.39, 0.29) is 19.4 Å². The summed E-state index contributed by atoms with van der Waals surface area (Å²) in [6, 6.07) is 0. The fraction of sp³-hybridized carbons (Fsp3) is 1.00. The Bertz CT molecular complexity index is 372. The highest BCUT2D eigenvalue weighted by Gasteiger charge is 2.34. The molecule has 0 spiro atoms. The molecule has 0 saturated carbocycles. The predicted octanol–water partition coefficient (Wildman–Crippen LogP) is -3.57. The molecule has 21 heavy (non-hydrogen) atoms. The van der Waals surface area contributed by atoms with E-state index in [0.29, 0.717) is 0 Å². The molecule has 128 valence electrons. The van der Waals surface area contributed by atoms with Crippen molar-refractivity contribution in [2.24, 2.45) is 0 Å². The first kappa shape index (κ1) is 20.6. The first-order valence-corrected chi connectivity index (χ1v) is 7.79. The van der Waals surface area contributed by atoms with Crippen LogP contribution in [0.5, 0.6) is 0 Å². The van der Waals surface area contributed by atoms with Crippen LogP contribution in [-0.2, 0) is 14.9 Å². The van der Waals surface area contributed by atoms with Crippen LogP contribution >= 0.6 is 0 Å². The normalized spacial score (nSPS) is 19.8. The van der Waals surface area contributed by atoms with Gasteiger partial charge in [0.25, 0.3) is 10.1 Å². The molecule has 0 rings (SSSR count). The van der Waals surface area contributed by atoms with Gasteiger partial charge in [-0.1, -0.05) is 0 Å². The monoisotopic (exact) mass is 334 g/mol. The van der Waals surface area contributed by atoms with Crippen molar-refractivity contribution in [3.63, 3.8) is 0 Å². The van der Waals surface area contributed by atoms with Crippen LogP contribution in [0, 0.1) is 0 Å². The van der Waals surface area contributed by atoms with Gasteiger partial charge in [-0.25, -0.2) is 0 Å². The molecule has 0 aromatic carbocycles. The van der Waals surface area contributed by atoms with Crippen molar-refractivity contribution in [2.45, 2.75) is 43.5 Å². The lowest BCUT2D eigenvalue weighted by molar-refractivity contribution is -0.211. The lowest BCUT2D eigenvalue weighted by atomic mass is 10.0. The number of hydrogen-bond donors (Lipinski definition) is 7. The van der Waals surface area contributed by atoms with E-state index in [9.17, 15) is 28.8 Å². The van der Waals surface area contributed by atoms with E-state index in [0.717, 1.165) is 0 Å². The number of hydrogen-bond acceptors (Lipinski definition) is 9. The summed E-state index contributed by atoms with van der Waals surface area (Å²) in [4.78, 5) is 0. The average molecular weight is 334 g/mol. The second-order valence-corrected chi connectivity index (χ2v) is 6.05. The van der Waals surface area contributed by atoms with Crippen molar-refractivity contribution >= 4 is 10.1 Å². The maximum atomic E-state index is 10.4. The molecule has 0 aromatic rings. The second kappa shape index (κ2) is 9.61. The van der Waals surface area contributed by atoms with Gasteiger partial charge in [-0.05, 0) is 12.8 Å². The van der Waals surface area contributed by atoms with Gasteiger partial charge in [-0.15, -0.1) is 0 Å². The summed E-state index contributed by atoms with van der Waals surface area (Å²) in [6.45, 7) is -1.02. The zero-order valence-corrected chi connectivity index (χ0v) is 12.0. The fourth-order valence-corrected chi connectivity index (χ4v) is 1.96. The van der Waals surface area contributed by atoms with Crippen molar-refractivity contribution < 1.29 is 48.3 Å². The Morgan fingerprint density at radius 1 is 0.905 bits per heavy atom. The smallest absolute Gasteiger partial charge is 0.264 e. The van der Waals surface area contributed by atoms with E-state index in [4.69, 9.17) is 19.5 Å². The van der Waals surface area contributed by atoms with E-state index in [2.05, 4.69) is 0 Å². The molecule has 7 N–H and O–H groups in total. The molecular weight excluding hydrogens is 312 g/mol. The van der Waals surface area contributed by atoms with Crippen LogP contribution in [-0.4, -0.2) is 93.3 Å². The third kappa shape index (κ3) is 8.60. The highest BCUT2D eigenvalue weighted by atomic mass is 32.2. The van der Waals surface area contributed by atoms with E-state index in [1.54, 1.807) is 0 Å². The highest BCUT2D eigenvalue weighted by Crippen LogP contribution is 2.10. The summed E-state index contributed by atoms with van der Waals surface area (Å²) in [5.74, 6) is -0.473. The SMILES string of the molecule is O=S(=O)(O)CCCCOC(O)[C@H](O)[C@@H](O)[C@H](O)[C@H](O)CO. The highest BCUT2D eigenvalue weighted by molar-refractivity contribution is 7.85. The number of aliphatic hydroxyl groups excluding tert-OH is 6. The molecule has 0 fully saturated rings. The maximum Gasteiger partial charge on any atom is 0.264 e. The molecule has 11 heteroatoms. The van der Waals surface area contributed by atoms with Gasteiger partial charge in [0.2, 0.25) is 0 Å². The molecule has 0 aliphatic carbocycles. The van der Waals surface area contributed by atoms with Crippen LogP contribution in [0.2, 0.25) is 0 Å². The van der Waals surface area contributed by atoms with Gasteiger partial charge in [0.1, 0.15) is 24.4 Å². The number of ether oxygens (including phenoxy) is 1. The summed E-state index contributed by atoms with van der Waals surface area (Å²) >= 11 is 0. The third-order valence-electron chi connectivity index (χ3n) is 2.66. The van der Waals surface area contributed by atoms with Gasteiger partial charge in [-0.3, -0.25) is 4.55 Å². The minimum Gasteiger partial charge on any atom is -0.394 e. The molecule has 10 nitrogen and oxygen atoms in total. The minimum atomic E-state index is -4.07. The predicted molar refractivity (Wildman–Crippen MR) is 68.7 cm³/mol. The molecule has 0 aliphatic heterocycles. The van der Waals surface area contributed by atoms with E-state index in [1.807, 2.05) is 0 Å². The molecule has 5 atom stereocenters.